The number of aromatic nitrogens is 4. The van der Waals surface area contributed by atoms with E-state index in [0.717, 1.165) is 24.9 Å². The first-order chi connectivity index (χ1) is 13.3. The lowest BCUT2D eigenvalue weighted by atomic mass is 9.85. The second-order valence-corrected chi connectivity index (χ2v) is 8.55. The minimum absolute atomic E-state index is 0.0674. The third-order valence-electron chi connectivity index (χ3n) is 5.35. The molecule has 7 heteroatoms. The summed E-state index contributed by atoms with van der Waals surface area (Å²) in [5, 5.41) is 11.0. The molecule has 150 valence electrons. The Balaban J connectivity index is 1.54. The molecule has 0 bridgehead atoms. The zero-order valence-corrected chi connectivity index (χ0v) is 17.0. The standard InChI is InChI=1S/C21H29N5O2/c1-21(2,3)18-10-8-16(9-11-18)20(28)17-6-4-12-25(14-17)19(27)7-5-13-26-15-22-23-24-26/h8-11,15,17H,4-7,12-14H2,1-3H3/t17-/m1/s1. The lowest BCUT2D eigenvalue weighted by molar-refractivity contribution is -0.132. The van der Waals surface area contributed by atoms with Crippen molar-refractivity contribution in [3.8, 4) is 0 Å². The van der Waals surface area contributed by atoms with Gasteiger partial charge >= 0.3 is 0 Å². The number of nitrogens with zero attached hydrogens (tertiary/aromatic N) is 5. The smallest absolute Gasteiger partial charge is 0.222 e. The van der Waals surface area contributed by atoms with E-state index in [0.29, 0.717) is 25.9 Å². The SMILES string of the molecule is CC(C)(C)c1ccc(C(=O)[C@@H]2CCCN(C(=O)CCCn3cnnn3)C2)cc1. The van der Waals surface area contributed by atoms with Gasteiger partial charge in [0.15, 0.2) is 5.78 Å². The molecule has 0 unspecified atom stereocenters. The molecule has 2 heterocycles. The molecule has 1 fully saturated rings. The normalized spacial score (nSPS) is 17.5. The molecular weight excluding hydrogens is 354 g/mol. The van der Waals surface area contributed by atoms with Gasteiger partial charge < -0.3 is 4.90 Å². The van der Waals surface area contributed by atoms with Gasteiger partial charge in [0.2, 0.25) is 5.91 Å². The van der Waals surface area contributed by atoms with Gasteiger partial charge in [-0.2, -0.15) is 0 Å². The van der Waals surface area contributed by atoms with Gasteiger partial charge in [-0.15, -0.1) is 5.10 Å². The Morgan fingerprint density at radius 3 is 2.57 bits per heavy atom. The molecular formula is C21H29N5O2. The number of rotatable bonds is 6. The van der Waals surface area contributed by atoms with Gasteiger partial charge in [0.1, 0.15) is 6.33 Å². The molecule has 1 aliphatic rings. The third-order valence-corrected chi connectivity index (χ3v) is 5.35. The summed E-state index contributed by atoms with van der Waals surface area (Å²) in [7, 11) is 0. The topological polar surface area (TPSA) is 81.0 Å². The number of likely N-dealkylation sites (tertiary alicyclic amines) is 1. The molecule has 3 rings (SSSR count). The Morgan fingerprint density at radius 1 is 1.18 bits per heavy atom. The van der Waals surface area contributed by atoms with Crippen LogP contribution in [0.15, 0.2) is 30.6 Å². The number of benzene rings is 1. The van der Waals surface area contributed by atoms with E-state index in [-0.39, 0.29) is 23.0 Å². The second-order valence-electron chi connectivity index (χ2n) is 8.55. The summed E-state index contributed by atoms with van der Waals surface area (Å²) in [6, 6.07) is 7.93. The Kier molecular flexibility index (Phi) is 6.21. The van der Waals surface area contributed by atoms with E-state index in [4.69, 9.17) is 0 Å². The monoisotopic (exact) mass is 383 g/mol. The average molecular weight is 383 g/mol. The van der Waals surface area contributed by atoms with Crippen LogP contribution in [0.2, 0.25) is 0 Å². The number of carbonyl (C=O) groups excluding carboxylic acids is 2. The Labute approximate surface area is 166 Å². The summed E-state index contributed by atoms with van der Waals surface area (Å²) in [5.41, 5.74) is 2.02. The number of piperidine rings is 1. The molecule has 0 aliphatic carbocycles. The first-order valence-corrected chi connectivity index (χ1v) is 9.98. The van der Waals surface area contributed by atoms with Crippen molar-refractivity contribution < 1.29 is 9.59 Å². The van der Waals surface area contributed by atoms with Crippen molar-refractivity contribution in [2.75, 3.05) is 13.1 Å². The summed E-state index contributed by atoms with van der Waals surface area (Å²) in [6.45, 7) is 8.35. The van der Waals surface area contributed by atoms with Crippen LogP contribution in [0.3, 0.4) is 0 Å². The third kappa shape index (κ3) is 5.03. The molecule has 1 saturated heterocycles. The van der Waals surface area contributed by atoms with Crippen LogP contribution in [0.5, 0.6) is 0 Å². The lowest BCUT2D eigenvalue weighted by Crippen LogP contribution is -2.42. The number of carbonyl (C=O) groups is 2. The molecule has 0 radical (unpaired) electrons. The summed E-state index contributed by atoms with van der Waals surface area (Å²) in [6.07, 6.45) is 4.39. The predicted molar refractivity (Wildman–Crippen MR) is 106 cm³/mol. The Hall–Kier alpha value is -2.57. The number of amides is 1. The van der Waals surface area contributed by atoms with Crippen molar-refractivity contribution in [2.24, 2.45) is 5.92 Å². The zero-order valence-electron chi connectivity index (χ0n) is 17.0. The number of hydrogen-bond donors (Lipinski definition) is 0. The van der Waals surface area contributed by atoms with Gasteiger partial charge in [0, 0.05) is 37.5 Å². The number of hydrogen-bond acceptors (Lipinski definition) is 5. The van der Waals surface area contributed by atoms with Gasteiger partial charge in [-0.3, -0.25) is 9.59 Å². The fourth-order valence-electron chi connectivity index (χ4n) is 3.62. The molecule has 0 N–H and O–H groups in total. The van der Waals surface area contributed by atoms with Crippen LogP contribution in [0.1, 0.15) is 62.4 Å². The quantitative estimate of drug-likeness (QED) is 0.717. The lowest BCUT2D eigenvalue weighted by Gasteiger charge is -2.32. The van der Waals surface area contributed by atoms with Gasteiger partial charge in [-0.05, 0) is 40.7 Å². The number of aryl methyl sites for hydroxylation is 1. The van der Waals surface area contributed by atoms with E-state index >= 15 is 0 Å². The number of Topliss-reactive ketones (excluding diaryl/α,β-unsaturated/α-hetero) is 1. The van der Waals surface area contributed by atoms with E-state index < -0.39 is 0 Å². The highest BCUT2D eigenvalue weighted by atomic mass is 16.2. The fourth-order valence-corrected chi connectivity index (χ4v) is 3.62. The maximum atomic E-state index is 12.9. The van der Waals surface area contributed by atoms with E-state index in [1.165, 1.54) is 5.56 Å². The first kappa shape index (κ1) is 20.2. The molecule has 0 spiro atoms. The molecule has 7 nitrogen and oxygen atoms in total. The number of tetrazole rings is 1. The highest BCUT2D eigenvalue weighted by molar-refractivity contribution is 5.98. The second kappa shape index (κ2) is 8.63. The maximum absolute atomic E-state index is 12.9. The van der Waals surface area contributed by atoms with Crippen molar-refractivity contribution in [1.82, 2.24) is 25.1 Å². The van der Waals surface area contributed by atoms with E-state index in [1.54, 1.807) is 11.0 Å². The minimum Gasteiger partial charge on any atom is -0.342 e. The molecule has 0 saturated carbocycles. The van der Waals surface area contributed by atoms with Gasteiger partial charge in [0.25, 0.3) is 0 Å². The van der Waals surface area contributed by atoms with E-state index in [9.17, 15) is 9.59 Å². The van der Waals surface area contributed by atoms with Crippen LogP contribution in [0.25, 0.3) is 0 Å². The summed E-state index contributed by atoms with van der Waals surface area (Å²) in [4.78, 5) is 27.3. The van der Waals surface area contributed by atoms with Crippen LogP contribution in [0.4, 0.5) is 0 Å². The highest BCUT2D eigenvalue weighted by Gasteiger charge is 2.29. The maximum Gasteiger partial charge on any atom is 0.222 e. The summed E-state index contributed by atoms with van der Waals surface area (Å²) < 4.78 is 1.62. The Morgan fingerprint density at radius 2 is 1.93 bits per heavy atom. The van der Waals surface area contributed by atoms with E-state index in [2.05, 4.69) is 36.3 Å². The van der Waals surface area contributed by atoms with Crippen molar-refractivity contribution in [3.63, 3.8) is 0 Å². The summed E-state index contributed by atoms with van der Waals surface area (Å²) in [5.74, 6) is 0.137. The number of ketones is 1. The predicted octanol–water partition coefficient (Wildman–Crippen LogP) is 2.87. The minimum atomic E-state index is -0.113. The summed E-state index contributed by atoms with van der Waals surface area (Å²) >= 11 is 0. The van der Waals surface area contributed by atoms with Crippen LogP contribution < -0.4 is 0 Å². The average Bonchev–Trinajstić information content (AvgIpc) is 3.20. The van der Waals surface area contributed by atoms with Gasteiger partial charge in [-0.1, -0.05) is 45.0 Å². The van der Waals surface area contributed by atoms with Gasteiger partial charge in [-0.25, -0.2) is 4.68 Å². The van der Waals surface area contributed by atoms with Crippen LogP contribution in [0, 0.1) is 5.92 Å². The van der Waals surface area contributed by atoms with Crippen LogP contribution in [-0.2, 0) is 16.8 Å². The molecule has 1 aliphatic heterocycles. The van der Waals surface area contributed by atoms with Crippen molar-refractivity contribution >= 4 is 11.7 Å². The molecule has 1 amide bonds. The van der Waals surface area contributed by atoms with Crippen LogP contribution >= 0.6 is 0 Å². The fraction of sp³-hybridized carbons (Fsp3) is 0.571. The zero-order chi connectivity index (χ0) is 20.1. The van der Waals surface area contributed by atoms with E-state index in [1.807, 2.05) is 29.2 Å². The molecule has 2 aromatic rings. The van der Waals surface area contributed by atoms with Crippen molar-refractivity contribution in [3.05, 3.63) is 41.7 Å². The molecule has 28 heavy (non-hydrogen) atoms. The molecule has 1 aromatic carbocycles. The first-order valence-electron chi connectivity index (χ1n) is 9.98. The molecule has 1 aromatic heterocycles. The Bertz CT molecular complexity index is 793. The largest absolute Gasteiger partial charge is 0.342 e. The van der Waals surface area contributed by atoms with Crippen molar-refractivity contribution in [1.29, 1.82) is 0 Å². The van der Waals surface area contributed by atoms with Crippen molar-refractivity contribution in [2.45, 2.75) is 58.4 Å². The van der Waals surface area contributed by atoms with Gasteiger partial charge in [0.05, 0.1) is 0 Å². The highest BCUT2D eigenvalue weighted by Crippen LogP contribution is 2.25. The van der Waals surface area contributed by atoms with Crippen LogP contribution in [-0.4, -0.2) is 49.9 Å². The molecule has 1 atom stereocenters.